The maximum atomic E-state index is 12.7. The molecule has 10 nitrogen and oxygen atoms in total. The third-order valence-corrected chi connectivity index (χ3v) is 4.25. The SMILES string of the molecule is C=CCn1c(=O)c2c(nc(N/N=C/c3ccc(O)c(OC)c3)n2C)n(C)c1=O. The number of fused-ring (bicyclic) bond motifs is 1. The molecule has 2 heterocycles. The molecular formula is C18H20N6O4. The molecule has 0 saturated heterocycles. The molecule has 0 unspecified atom stereocenters. The Labute approximate surface area is 159 Å². The van der Waals surface area contributed by atoms with E-state index in [1.54, 1.807) is 26.2 Å². The number of allylic oxidation sites excluding steroid dienone is 1. The summed E-state index contributed by atoms with van der Waals surface area (Å²) in [6, 6.07) is 4.77. The van der Waals surface area contributed by atoms with Crippen LogP contribution in [0.3, 0.4) is 0 Å². The number of ether oxygens (including phenoxy) is 1. The van der Waals surface area contributed by atoms with Crippen LogP contribution in [0.4, 0.5) is 5.95 Å². The number of hydrogen-bond acceptors (Lipinski definition) is 7. The first kappa shape index (κ1) is 19.0. The maximum Gasteiger partial charge on any atom is 0.332 e. The highest BCUT2D eigenvalue weighted by Gasteiger charge is 2.17. The van der Waals surface area contributed by atoms with Crippen LogP contribution in [-0.2, 0) is 20.6 Å². The number of aromatic hydroxyl groups is 1. The molecule has 0 atom stereocenters. The Kier molecular flexibility index (Phi) is 5.03. The number of phenolic OH excluding ortho intramolecular Hbond substituents is 1. The van der Waals surface area contributed by atoms with Gasteiger partial charge >= 0.3 is 5.69 Å². The molecule has 0 aliphatic carbocycles. The molecule has 0 spiro atoms. The molecule has 0 aliphatic rings. The molecule has 2 aromatic heterocycles. The number of phenols is 1. The van der Waals surface area contributed by atoms with Crippen molar-refractivity contribution in [1.29, 1.82) is 0 Å². The molecule has 28 heavy (non-hydrogen) atoms. The Balaban J connectivity index is 1.99. The second-order valence-electron chi connectivity index (χ2n) is 6.01. The summed E-state index contributed by atoms with van der Waals surface area (Å²) in [7, 11) is 4.66. The number of methoxy groups -OCH3 is 1. The minimum atomic E-state index is -0.471. The Morgan fingerprint density at radius 1 is 1.32 bits per heavy atom. The van der Waals surface area contributed by atoms with Crippen molar-refractivity contribution in [3.05, 3.63) is 57.3 Å². The third kappa shape index (κ3) is 3.15. The van der Waals surface area contributed by atoms with Crippen molar-refractivity contribution in [1.82, 2.24) is 18.7 Å². The second kappa shape index (κ2) is 7.43. The minimum absolute atomic E-state index is 0.0275. The van der Waals surface area contributed by atoms with Crippen LogP contribution in [0, 0.1) is 0 Å². The van der Waals surface area contributed by atoms with Crippen LogP contribution < -0.4 is 21.4 Å². The molecule has 0 bridgehead atoms. The zero-order chi connectivity index (χ0) is 20.4. The van der Waals surface area contributed by atoms with Gasteiger partial charge in [-0.25, -0.2) is 10.2 Å². The highest BCUT2D eigenvalue weighted by molar-refractivity contribution is 5.81. The second-order valence-corrected chi connectivity index (χ2v) is 6.01. The highest BCUT2D eigenvalue weighted by atomic mass is 16.5. The lowest BCUT2D eigenvalue weighted by Crippen LogP contribution is -2.39. The van der Waals surface area contributed by atoms with Crippen molar-refractivity contribution in [2.45, 2.75) is 6.54 Å². The lowest BCUT2D eigenvalue weighted by molar-refractivity contribution is 0.373. The predicted octanol–water partition coefficient (Wildman–Crippen LogP) is 0.780. The Hall–Kier alpha value is -3.82. The van der Waals surface area contributed by atoms with Crippen molar-refractivity contribution < 1.29 is 9.84 Å². The first-order valence-electron chi connectivity index (χ1n) is 8.32. The van der Waals surface area contributed by atoms with Crippen LogP contribution in [0.15, 0.2) is 45.5 Å². The molecule has 3 rings (SSSR count). The number of nitrogens with zero attached hydrogens (tertiary/aromatic N) is 5. The first-order chi connectivity index (χ1) is 13.4. The van der Waals surface area contributed by atoms with Crippen LogP contribution in [-0.4, -0.2) is 37.1 Å². The summed E-state index contributed by atoms with van der Waals surface area (Å²) in [6.45, 7) is 3.68. The third-order valence-electron chi connectivity index (χ3n) is 4.25. The average Bonchev–Trinajstić information content (AvgIpc) is 3.01. The van der Waals surface area contributed by atoms with E-state index in [4.69, 9.17) is 4.74 Å². The van der Waals surface area contributed by atoms with Gasteiger partial charge in [-0.1, -0.05) is 6.08 Å². The molecule has 1 aromatic carbocycles. The van der Waals surface area contributed by atoms with Crippen LogP contribution >= 0.6 is 0 Å². The molecule has 0 saturated carbocycles. The zero-order valence-electron chi connectivity index (χ0n) is 15.7. The fourth-order valence-corrected chi connectivity index (χ4v) is 2.77. The number of hydrazone groups is 1. The Morgan fingerprint density at radius 3 is 2.75 bits per heavy atom. The standard InChI is InChI=1S/C18H20N6O4/c1-5-8-24-16(26)14-15(23(3)18(24)27)20-17(22(14)2)21-19-10-11-6-7-12(25)13(9-11)28-4/h5-7,9-10,25H,1,8H2,2-4H3,(H,20,21)/b19-10+. The largest absolute Gasteiger partial charge is 0.504 e. The lowest BCUT2D eigenvalue weighted by atomic mass is 10.2. The van der Waals surface area contributed by atoms with Crippen LogP contribution in [0.25, 0.3) is 11.2 Å². The van der Waals surface area contributed by atoms with E-state index in [-0.39, 0.29) is 23.5 Å². The van der Waals surface area contributed by atoms with Crippen molar-refractivity contribution in [2.75, 3.05) is 12.5 Å². The summed E-state index contributed by atoms with van der Waals surface area (Å²) in [6.07, 6.45) is 3.00. The number of rotatable bonds is 6. The van der Waals surface area contributed by atoms with Gasteiger partial charge in [-0.3, -0.25) is 13.9 Å². The monoisotopic (exact) mass is 384 g/mol. The number of imidazole rings is 1. The van der Waals surface area contributed by atoms with E-state index in [9.17, 15) is 14.7 Å². The molecule has 2 N–H and O–H groups in total. The number of aromatic nitrogens is 4. The van der Waals surface area contributed by atoms with Gasteiger partial charge in [0.15, 0.2) is 22.7 Å². The van der Waals surface area contributed by atoms with E-state index >= 15 is 0 Å². The van der Waals surface area contributed by atoms with Gasteiger partial charge in [0.05, 0.1) is 13.3 Å². The fourth-order valence-electron chi connectivity index (χ4n) is 2.77. The number of aryl methyl sites for hydroxylation is 2. The van der Waals surface area contributed by atoms with E-state index in [1.165, 1.54) is 34.6 Å². The number of hydrogen-bond donors (Lipinski definition) is 2. The predicted molar refractivity (Wildman–Crippen MR) is 106 cm³/mol. The summed E-state index contributed by atoms with van der Waals surface area (Å²) in [5.41, 5.74) is 3.05. The molecular weight excluding hydrogens is 364 g/mol. The van der Waals surface area contributed by atoms with Crippen molar-refractivity contribution >= 4 is 23.3 Å². The summed E-state index contributed by atoms with van der Waals surface area (Å²) < 4.78 is 8.98. The highest BCUT2D eigenvalue weighted by Crippen LogP contribution is 2.25. The quantitative estimate of drug-likeness (QED) is 0.369. The smallest absolute Gasteiger partial charge is 0.332 e. The molecule has 0 radical (unpaired) electrons. The Morgan fingerprint density at radius 2 is 2.07 bits per heavy atom. The van der Waals surface area contributed by atoms with E-state index in [0.29, 0.717) is 17.3 Å². The lowest BCUT2D eigenvalue weighted by Gasteiger charge is -2.06. The molecule has 146 valence electrons. The van der Waals surface area contributed by atoms with Crippen LogP contribution in [0.5, 0.6) is 11.5 Å². The van der Waals surface area contributed by atoms with Gasteiger partial charge in [0.25, 0.3) is 5.56 Å². The van der Waals surface area contributed by atoms with Crippen LogP contribution in [0.2, 0.25) is 0 Å². The molecule has 0 amide bonds. The minimum Gasteiger partial charge on any atom is -0.504 e. The summed E-state index contributed by atoms with van der Waals surface area (Å²) in [4.78, 5) is 29.3. The Bertz CT molecular complexity index is 1200. The van der Waals surface area contributed by atoms with E-state index < -0.39 is 11.2 Å². The van der Waals surface area contributed by atoms with Crippen molar-refractivity contribution in [3.8, 4) is 11.5 Å². The fraction of sp³-hybridized carbons (Fsp3) is 0.222. The van der Waals surface area contributed by atoms with Gasteiger partial charge in [-0.2, -0.15) is 10.1 Å². The van der Waals surface area contributed by atoms with Gasteiger partial charge in [0.2, 0.25) is 5.95 Å². The molecule has 10 heteroatoms. The van der Waals surface area contributed by atoms with Gasteiger partial charge in [0.1, 0.15) is 0 Å². The van der Waals surface area contributed by atoms with E-state index in [0.717, 1.165) is 4.57 Å². The number of anilines is 1. The normalized spacial score (nSPS) is 11.2. The van der Waals surface area contributed by atoms with Crippen molar-refractivity contribution in [2.24, 2.45) is 19.2 Å². The average molecular weight is 384 g/mol. The topological polar surface area (TPSA) is 116 Å². The summed E-state index contributed by atoms with van der Waals surface area (Å²) >= 11 is 0. The first-order valence-corrected chi connectivity index (χ1v) is 8.32. The van der Waals surface area contributed by atoms with Gasteiger partial charge in [-0.15, -0.1) is 6.58 Å². The summed E-state index contributed by atoms with van der Waals surface area (Å²) in [5, 5.41) is 13.7. The summed E-state index contributed by atoms with van der Waals surface area (Å²) in [5.74, 6) is 0.643. The van der Waals surface area contributed by atoms with Gasteiger partial charge in [0, 0.05) is 20.6 Å². The van der Waals surface area contributed by atoms with E-state index in [2.05, 4.69) is 22.1 Å². The van der Waals surface area contributed by atoms with Gasteiger partial charge in [-0.05, 0) is 23.8 Å². The maximum absolute atomic E-state index is 12.7. The molecule has 0 aliphatic heterocycles. The van der Waals surface area contributed by atoms with Crippen molar-refractivity contribution in [3.63, 3.8) is 0 Å². The zero-order valence-corrected chi connectivity index (χ0v) is 15.7. The van der Waals surface area contributed by atoms with Crippen LogP contribution in [0.1, 0.15) is 5.56 Å². The number of nitrogens with one attached hydrogen (secondary N) is 1. The van der Waals surface area contributed by atoms with Gasteiger partial charge < -0.3 is 14.4 Å². The number of benzene rings is 1. The molecule has 3 aromatic rings. The molecule has 0 fully saturated rings. The van der Waals surface area contributed by atoms with E-state index in [1.807, 2.05) is 0 Å².